The summed E-state index contributed by atoms with van der Waals surface area (Å²) < 4.78 is 4.55. The molecule has 98 valence electrons. The van der Waals surface area contributed by atoms with Crippen LogP contribution >= 0.6 is 0 Å². The summed E-state index contributed by atoms with van der Waals surface area (Å²) in [6, 6.07) is 3.95. The van der Waals surface area contributed by atoms with E-state index in [-0.39, 0.29) is 30.1 Å². The summed E-state index contributed by atoms with van der Waals surface area (Å²) in [4.78, 5) is 23.2. The van der Waals surface area contributed by atoms with Gasteiger partial charge in [-0.3, -0.25) is 10.1 Å². The van der Waals surface area contributed by atoms with Gasteiger partial charge in [0.1, 0.15) is 5.69 Å². The number of likely N-dealkylation sites (N-methyl/N-ethyl adjacent to an activating group) is 1. The molecule has 0 amide bonds. The monoisotopic (exact) mass is 254 g/mol. The van der Waals surface area contributed by atoms with Crippen LogP contribution < -0.4 is 4.90 Å². The number of aliphatic hydroxyl groups is 1. The van der Waals surface area contributed by atoms with Gasteiger partial charge in [-0.25, -0.2) is 4.79 Å². The molecule has 1 N–H and O–H groups in total. The minimum absolute atomic E-state index is 0.126. The maximum absolute atomic E-state index is 11.4. The molecule has 0 aromatic heterocycles. The molecule has 0 aliphatic rings. The summed E-state index contributed by atoms with van der Waals surface area (Å²) in [6.07, 6.45) is 0. The first-order valence-corrected chi connectivity index (χ1v) is 5.20. The summed E-state index contributed by atoms with van der Waals surface area (Å²) in [7, 11) is 2.83. The van der Waals surface area contributed by atoms with E-state index in [9.17, 15) is 14.9 Å². The molecule has 0 saturated carbocycles. The third-order valence-corrected chi connectivity index (χ3v) is 2.44. The van der Waals surface area contributed by atoms with Crippen molar-refractivity contribution < 1.29 is 19.6 Å². The molecule has 1 rings (SSSR count). The zero-order valence-corrected chi connectivity index (χ0v) is 10.1. The van der Waals surface area contributed by atoms with Crippen LogP contribution in [0.25, 0.3) is 0 Å². The lowest BCUT2D eigenvalue weighted by atomic mass is 10.1. The Balaban J connectivity index is 3.23. The van der Waals surface area contributed by atoms with Crippen molar-refractivity contribution in [1.82, 2.24) is 0 Å². The second kappa shape index (κ2) is 5.97. The van der Waals surface area contributed by atoms with Gasteiger partial charge in [-0.2, -0.15) is 0 Å². The first-order chi connectivity index (χ1) is 8.51. The highest BCUT2D eigenvalue weighted by molar-refractivity contribution is 5.91. The number of anilines is 1. The number of ether oxygens (including phenoxy) is 1. The van der Waals surface area contributed by atoms with E-state index in [0.29, 0.717) is 0 Å². The molecule has 1 aromatic rings. The molecule has 0 atom stereocenters. The maximum Gasteiger partial charge on any atom is 0.337 e. The van der Waals surface area contributed by atoms with Gasteiger partial charge in [0.2, 0.25) is 0 Å². The predicted molar refractivity (Wildman–Crippen MR) is 64.8 cm³/mol. The fourth-order valence-corrected chi connectivity index (χ4v) is 1.50. The molecule has 0 aliphatic heterocycles. The first-order valence-electron chi connectivity index (χ1n) is 5.20. The van der Waals surface area contributed by atoms with E-state index in [4.69, 9.17) is 5.11 Å². The molecular weight excluding hydrogens is 240 g/mol. The molecule has 18 heavy (non-hydrogen) atoms. The smallest absolute Gasteiger partial charge is 0.337 e. The zero-order chi connectivity index (χ0) is 13.7. The van der Waals surface area contributed by atoms with Gasteiger partial charge in [-0.15, -0.1) is 0 Å². The molecule has 0 heterocycles. The Bertz CT molecular complexity index is 461. The Kier molecular flexibility index (Phi) is 4.61. The molecule has 0 saturated heterocycles. The van der Waals surface area contributed by atoms with Crippen molar-refractivity contribution in [3.63, 3.8) is 0 Å². The number of benzene rings is 1. The average Bonchev–Trinajstić information content (AvgIpc) is 2.37. The lowest BCUT2D eigenvalue weighted by molar-refractivity contribution is -0.384. The minimum atomic E-state index is -0.566. The van der Waals surface area contributed by atoms with E-state index >= 15 is 0 Å². The second-order valence-electron chi connectivity index (χ2n) is 3.60. The lowest BCUT2D eigenvalue weighted by Gasteiger charge is -2.18. The Hall–Kier alpha value is -2.15. The topological polar surface area (TPSA) is 92.9 Å². The Morgan fingerprint density at radius 1 is 1.56 bits per heavy atom. The van der Waals surface area contributed by atoms with Crippen LogP contribution in [0.15, 0.2) is 18.2 Å². The summed E-state index contributed by atoms with van der Waals surface area (Å²) in [5.74, 6) is -0.566. The Labute approximate surface area is 104 Å². The number of nitro groups is 1. The van der Waals surface area contributed by atoms with E-state index < -0.39 is 10.9 Å². The van der Waals surface area contributed by atoms with Crippen molar-refractivity contribution in [2.24, 2.45) is 0 Å². The third kappa shape index (κ3) is 2.95. The van der Waals surface area contributed by atoms with Crippen LogP contribution in [-0.4, -0.2) is 43.3 Å². The van der Waals surface area contributed by atoms with Gasteiger partial charge < -0.3 is 14.7 Å². The highest BCUT2D eigenvalue weighted by Crippen LogP contribution is 2.28. The highest BCUT2D eigenvalue weighted by Gasteiger charge is 2.19. The number of nitro benzene ring substituents is 1. The number of methoxy groups -OCH3 is 1. The third-order valence-electron chi connectivity index (χ3n) is 2.44. The largest absolute Gasteiger partial charge is 0.465 e. The van der Waals surface area contributed by atoms with Gasteiger partial charge >= 0.3 is 5.97 Å². The molecule has 0 fully saturated rings. The number of esters is 1. The van der Waals surface area contributed by atoms with Crippen LogP contribution in [0, 0.1) is 10.1 Å². The van der Waals surface area contributed by atoms with Gasteiger partial charge in [0.25, 0.3) is 5.69 Å². The maximum atomic E-state index is 11.4. The average molecular weight is 254 g/mol. The SMILES string of the molecule is COC(=O)c1ccc([N+](=O)[O-])c(N(C)CCO)c1. The number of carbonyl (C=O) groups excluding carboxylic acids is 1. The predicted octanol–water partition coefficient (Wildman–Crippen LogP) is 0.810. The van der Waals surface area contributed by atoms with Crippen molar-refractivity contribution in [2.75, 3.05) is 32.2 Å². The summed E-state index contributed by atoms with van der Waals surface area (Å²) in [5, 5.41) is 19.7. The van der Waals surface area contributed by atoms with Crippen molar-refractivity contribution in [3.8, 4) is 0 Å². The quantitative estimate of drug-likeness (QED) is 0.475. The lowest BCUT2D eigenvalue weighted by Crippen LogP contribution is -2.22. The molecule has 0 bridgehead atoms. The van der Waals surface area contributed by atoms with E-state index in [0.717, 1.165) is 0 Å². The van der Waals surface area contributed by atoms with Crippen LogP contribution in [0.5, 0.6) is 0 Å². The summed E-state index contributed by atoms with van der Waals surface area (Å²) >= 11 is 0. The van der Waals surface area contributed by atoms with Crippen LogP contribution in [0.2, 0.25) is 0 Å². The zero-order valence-electron chi connectivity index (χ0n) is 10.1. The highest BCUT2D eigenvalue weighted by atomic mass is 16.6. The number of carbonyl (C=O) groups is 1. The van der Waals surface area contributed by atoms with Crippen molar-refractivity contribution >= 4 is 17.3 Å². The fourth-order valence-electron chi connectivity index (χ4n) is 1.50. The number of rotatable bonds is 5. The standard InChI is InChI=1S/C11H14N2O5/c1-12(5-6-14)10-7-8(11(15)18-2)3-4-9(10)13(16)17/h3-4,7,14H,5-6H2,1-2H3. The molecule has 7 heteroatoms. The van der Waals surface area contributed by atoms with E-state index in [1.54, 1.807) is 7.05 Å². The van der Waals surface area contributed by atoms with Crippen LogP contribution in [0.1, 0.15) is 10.4 Å². The van der Waals surface area contributed by atoms with E-state index in [2.05, 4.69) is 4.74 Å². The molecule has 0 unspecified atom stereocenters. The number of nitrogens with zero attached hydrogens (tertiary/aromatic N) is 2. The van der Waals surface area contributed by atoms with Gasteiger partial charge in [-0.05, 0) is 12.1 Å². The first kappa shape index (κ1) is 13.9. The van der Waals surface area contributed by atoms with Gasteiger partial charge in [0.15, 0.2) is 0 Å². The molecule has 0 radical (unpaired) electrons. The van der Waals surface area contributed by atoms with Crippen molar-refractivity contribution in [1.29, 1.82) is 0 Å². The van der Waals surface area contributed by atoms with Crippen molar-refractivity contribution in [3.05, 3.63) is 33.9 Å². The molecule has 1 aromatic carbocycles. The van der Waals surface area contributed by atoms with Crippen molar-refractivity contribution in [2.45, 2.75) is 0 Å². The normalized spacial score (nSPS) is 9.94. The number of hydrogen-bond donors (Lipinski definition) is 1. The number of aliphatic hydroxyl groups excluding tert-OH is 1. The minimum Gasteiger partial charge on any atom is -0.465 e. The molecule has 0 spiro atoms. The van der Waals surface area contributed by atoms with Crippen LogP contribution in [-0.2, 0) is 4.74 Å². The van der Waals surface area contributed by atoms with Gasteiger partial charge in [0.05, 0.1) is 24.2 Å². The van der Waals surface area contributed by atoms with E-state index in [1.165, 1.54) is 30.2 Å². The molecular formula is C11H14N2O5. The molecule has 0 aliphatic carbocycles. The van der Waals surface area contributed by atoms with E-state index in [1.807, 2.05) is 0 Å². The Morgan fingerprint density at radius 2 is 2.22 bits per heavy atom. The molecule has 7 nitrogen and oxygen atoms in total. The Morgan fingerprint density at radius 3 is 2.72 bits per heavy atom. The number of hydrogen-bond acceptors (Lipinski definition) is 6. The van der Waals surface area contributed by atoms with Gasteiger partial charge in [0, 0.05) is 19.7 Å². The fraction of sp³-hybridized carbons (Fsp3) is 0.364. The second-order valence-corrected chi connectivity index (χ2v) is 3.60. The summed E-state index contributed by atoms with van der Waals surface area (Å²) in [6.45, 7) is 0.0849. The summed E-state index contributed by atoms with van der Waals surface area (Å²) in [5.41, 5.74) is 0.360. The van der Waals surface area contributed by atoms with Crippen LogP contribution in [0.3, 0.4) is 0 Å². The van der Waals surface area contributed by atoms with Gasteiger partial charge in [-0.1, -0.05) is 0 Å². The van der Waals surface area contributed by atoms with Crippen LogP contribution in [0.4, 0.5) is 11.4 Å².